The second kappa shape index (κ2) is 10.6. The molecular formula is C36H34O2. The molecule has 2 atom stereocenters. The molecule has 0 aromatic heterocycles. The van der Waals surface area contributed by atoms with E-state index in [0.29, 0.717) is 0 Å². The van der Waals surface area contributed by atoms with E-state index in [1.807, 2.05) is 24.3 Å². The highest BCUT2D eigenvalue weighted by atomic mass is 16.3. The van der Waals surface area contributed by atoms with E-state index in [2.05, 4.69) is 100 Å². The predicted molar refractivity (Wildman–Crippen MR) is 156 cm³/mol. The number of hydrogen-bond donors (Lipinski definition) is 2. The molecule has 0 spiro atoms. The zero-order chi connectivity index (χ0) is 26.8. The van der Waals surface area contributed by atoms with Crippen LogP contribution in [0.25, 0.3) is 0 Å². The average molecular weight is 499 g/mol. The van der Waals surface area contributed by atoms with Gasteiger partial charge in [-0.25, -0.2) is 0 Å². The number of aryl methyl sites for hydroxylation is 4. The SMILES string of the molecule is Cc1ccccc1C(c1ccc(C(c2ccccc2C)c2ccc(O)cc2C)cc1)c1ccc(O)cc1C. The Hall–Kier alpha value is -4.30. The summed E-state index contributed by atoms with van der Waals surface area (Å²) >= 11 is 0. The van der Waals surface area contributed by atoms with Crippen LogP contribution in [0.1, 0.15) is 67.5 Å². The van der Waals surface area contributed by atoms with Crippen molar-refractivity contribution in [3.05, 3.63) is 165 Å². The van der Waals surface area contributed by atoms with Crippen molar-refractivity contribution in [3.63, 3.8) is 0 Å². The number of aromatic hydroxyl groups is 2. The van der Waals surface area contributed by atoms with Crippen LogP contribution in [0.5, 0.6) is 11.5 Å². The van der Waals surface area contributed by atoms with Gasteiger partial charge in [-0.3, -0.25) is 0 Å². The van der Waals surface area contributed by atoms with E-state index in [0.717, 1.165) is 11.1 Å². The molecule has 0 radical (unpaired) electrons. The lowest BCUT2D eigenvalue weighted by Crippen LogP contribution is -2.09. The monoisotopic (exact) mass is 498 g/mol. The summed E-state index contributed by atoms with van der Waals surface area (Å²) in [5, 5.41) is 20.2. The zero-order valence-electron chi connectivity index (χ0n) is 22.4. The average Bonchev–Trinajstić information content (AvgIpc) is 2.89. The largest absolute Gasteiger partial charge is 0.508 e. The summed E-state index contributed by atoms with van der Waals surface area (Å²) in [5.74, 6) is 0.683. The molecule has 2 heteroatoms. The topological polar surface area (TPSA) is 40.5 Å². The molecule has 2 nitrogen and oxygen atoms in total. The number of phenolic OH excluding ortho intramolecular Hbond substituents is 2. The van der Waals surface area contributed by atoms with E-state index < -0.39 is 0 Å². The van der Waals surface area contributed by atoms with Gasteiger partial charge in [-0.1, -0.05) is 84.9 Å². The lowest BCUT2D eigenvalue weighted by atomic mass is 9.78. The highest BCUT2D eigenvalue weighted by Gasteiger charge is 2.24. The van der Waals surface area contributed by atoms with Gasteiger partial charge in [-0.2, -0.15) is 0 Å². The Morgan fingerprint density at radius 2 is 0.737 bits per heavy atom. The highest BCUT2D eigenvalue weighted by molar-refractivity contribution is 5.53. The fourth-order valence-corrected chi connectivity index (χ4v) is 5.72. The van der Waals surface area contributed by atoms with Crippen LogP contribution in [0.4, 0.5) is 0 Å². The molecule has 0 saturated carbocycles. The van der Waals surface area contributed by atoms with Crippen LogP contribution in [-0.2, 0) is 0 Å². The third-order valence-corrected chi connectivity index (χ3v) is 7.73. The van der Waals surface area contributed by atoms with Crippen LogP contribution in [0.15, 0.2) is 109 Å². The quantitative estimate of drug-likeness (QED) is 0.230. The molecule has 0 aliphatic heterocycles. The summed E-state index contributed by atoms with van der Waals surface area (Å²) in [6, 6.07) is 37.4. The van der Waals surface area contributed by atoms with Crippen LogP contribution in [0.2, 0.25) is 0 Å². The standard InChI is InChI=1S/C36H34O2/c1-23-9-5-7-11-31(23)35(33-19-17-29(37)21-25(33)3)27-13-15-28(16-14-27)36(32-12-8-6-10-24(32)2)34-20-18-30(38)22-26(34)4/h5-22,35-38H,1-4H3. The lowest BCUT2D eigenvalue weighted by Gasteiger charge is -2.25. The molecule has 2 N–H and O–H groups in total. The Labute approximate surface area is 225 Å². The molecule has 0 aliphatic carbocycles. The minimum Gasteiger partial charge on any atom is -0.508 e. The van der Waals surface area contributed by atoms with Gasteiger partial charge in [0.1, 0.15) is 11.5 Å². The van der Waals surface area contributed by atoms with Gasteiger partial charge in [0, 0.05) is 11.8 Å². The normalized spacial score (nSPS) is 12.7. The molecule has 0 aliphatic rings. The van der Waals surface area contributed by atoms with Crippen molar-refractivity contribution >= 4 is 0 Å². The van der Waals surface area contributed by atoms with Gasteiger partial charge in [0.05, 0.1) is 0 Å². The maximum absolute atomic E-state index is 10.1. The molecule has 38 heavy (non-hydrogen) atoms. The van der Waals surface area contributed by atoms with E-state index in [-0.39, 0.29) is 23.3 Å². The molecule has 190 valence electrons. The summed E-state index contributed by atoms with van der Waals surface area (Å²) in [4.78, 5) is 0. The fraction of sp³-hybridized carbons (Fsp3) is 0.167. The molecule has 5 rings (SSSR count). The Balaban J connectivity index is 1.65. The summed E-state index contributed by atoms with van der Waals surface area (Å²) in [6.07, 6.45) is 0. The number of rotatable bonds is 6. The van der Waals surface area contributed by atoms with Gasteiger partial charge in [0.25, 0.3) is 0 Å². The summed E-state index contributed by atoms with van der Waals surface area (Å²) in [7, 11) is 0. The van der Waals surface area contributed by atoms with Gasteiger partial charge in [0.2, 0.25) is 0 Å². The summed E-state index contributed by atoms with van der Waals surface area (Å²) in [6.45, 7) is 8.45. The first-order valence-corrected chi connectivity index (χ1v) is 13.1. The molecule has 5 aromatic carbocycles. The summed E-state index contributed by atoms with van der Waals surface area (Å²) in [5.41, 5.74) is 11.9. The highest BCUT2D eigenvalue weighted by Crippen LogP contribution is 2.40. The van der Waals surface area contributed by atoms with Crippen LogP contribution < -0.4 is 0 Å². The van der Waals surface area contributed by atoms with Crippen molar-refractivity contribution in [2.24, 2.45) is 0 Å². The van der Waals surface area contributed by atoms with Crippen LogP contribution >= 0.6 is 0 Å². The first-order valence-electron chi connectivity index (χ1n) is 13.1. The maximum Gasteiger partial charge on any atom is 0.115 e. The van der Waals surface area contributed by atoms with Gasteiger partial charge in [-0.15, -0.1) is 0 Å². The Morgan fingerprint density at radius 1 is 0.395 bits per heavy atom. The van der Waals surface area contributed by atoms with E-state index in [1.54, 1.807) is 12.1 Å². The van der Waals surface area contributed by atoms with E-state index in [9.17, 15) is 10.2 Å². The van der Waals surface area contributed by atoms with E-state index in [4.69, 9.17) is 0 Å². The number of benzene rings is 5. The Morgan fingerprint density at radius 3 is 1.08 bits per heavy atom. The zero-order valence-corrected chi connectivity index (χ0v) is 22.4. The number of phenols is 2. The Bertz CT molecular complexity index is 1460. The third-order valence-electron chi connectivity index (χ3n) is 7.73. The number of hydrogen-bond acceptors (Lipinski definition) is 2. The minimum absolute atomic E-state index is 0.0539. The minimum atomic E-state index is 0.0539. The molecular weight excluding hydrogens is 464 g/mol. The molecule has 0 saturated heterocycles. The lowest BCUT2D eigenvalue weighted by molar-refractivity contribution is 0.474. The molecule has 0 heterocycles. The van der Waals surface area contributed by atoms with Crippen molar-refractivity contribution in [3.8, 4) is 11.5 Å². The fourth-order valence-electron chi connectivity index (χ4n) is 5.72. The summed E-state index contributed by atoms with van der Waals surface area (Å²) < 4.78 is 0. The van der Waals surface area contributed by atoms with Crippen LogP contribution in [-0.4, -0.2) is 10.2 Å². The molecule has 2 unspecified atom stereocenters. The second-order valence-electron chi connectivity index (χ2n) is 10.3. The predicted octanol–water partition coefficient (Wildman–Crippen LogP) is 8.69. The molecule has 0 bridgehead atoms. The van der Waals surface area contributed by atoms with E-state index in [1.165, 1.54) is 44.5 Å². The smallest absolute Gasteiger partial charge is 0.115 e. The van der Waals surface area contributed by atoms with Crippen LogP contribution in [0, 0.1) is 27.7 Å². The third kappa shape index (κ3) is 4.95. The van der Waals surface area contributed by atoms with Crippen LogP contribution in [0.3, 0.4) is 0 Å². The van der Waals surface area contributed by atoms with Crippen molar-refractivity contribution in [1.29, 1.82) is 0 Å². The maximum atomic E-state index is 10.1. The van der Waals surface area contributed by atoms with E-state index >= 15 is 0 Å². The van der Waals surface area contributed by atoms with Crippen molar-refractivity contribution in [2.75, 3.05) is 0 Å². The van der Waals surface area contributed by atoms with Crippen molar-refractivity contribution in [2.45, 2.75) is 39.5 Å². The van der Waals surface area contributed by atoms with Gasteiger partial charge < -0.3 is 10.2 Å². The first-order chi connectivity index (χ1) is 18.3. The first kappa shape index (κ1) is 25.4. The van der Waals surface area contributed by atoms with Crippen molar-refractivity contribution < 1.29 is 10.2 Å². The van der Waals surface area contributed by atoms with Gasteiger partial charge in [0.15, 0.2) is 0 Å². The molecule has 0 fully saturated rings. The Kier molecular flexibility index (Phi) is 7.07. The van der Waals surface area contributed by atoms with Gasteiger partial charge >= 0.3 is 0 Å². The van der Waals surface area contributed by atoms with Crippen molar-refractivity contribution in [1.82, 2.24) is 0 Å². The second-order valence-corrected chi connectivity index (χ2v) is 10.3. The molecule has 5 aromatic rings. The molecule has 0 amide bonds. The van der Waals surface area contributed by atoms with Gasteiger partial charge in [-0.05, 0) is 108 Å².